The molecule has 3 amide bonds. The van der Waals surface area contributed by atoms with Crippen LogP contribution in [0.3, 0.4) is 0 Å². The van der Waals surface area contributed by atoms with Gasteiger partial charge in [-0.2, -0.15) is 5.26 Å². The fourth-order valence-electron chi connectivity index (χ4n) is 5.10. The van der Waals surface area contributed by atoms with E-state index in [2.05, 4.69) is 26.3 Å². The predicted molar refractivity (Wildman–Crippen MR) is 165 cm³/mol. The lowest BCUT2D eigenvalue weighted by Gasteiger charge is -2.23. The molecule has 0 saturated carbocycles. The van der Waals surface area contributed by atoms with Crippen molar-refractivity contribution < 1.29 is 18.8 Å². The third-order valence-corrected chi connectivity index (χ3v) is 7.24. The zero-order valence-corrected chi connectivity index (χ0v) is 24.0. The molecule has 4 N–H and O–H groups in total. The molecule has 43 heavy (non-hydrogen) atoms. The maximum Gasteiger partial charge on any atom is 0.247 e. The number of nitrogens with zero attached hydrogens (tertiary/aromatic N) is 3. The lowest BCUT2D eigenvalue weighted by molar-refractivity contribution is -0.137. The molecule has 11 heteroatoms. The van der Waals surface area contributed by atoms with Crippen LogP contribution in [-0.4, -0.2) is 53.8 Å². The third-order valence-electron chi connectivity index (χ3n) is 7.24. The van der Waals surface area contributed by atoms with E-state index in [9.17, 15) is 19.6 Å². The van der Waals surface area contributed by atoms with Crippen LogP contribution in [0.4, 0.5) is 11.4 Å². The van der Waals surface area contributed by atoms with Gasteiger partial charge in [0.05, 0.1) is 6.54 Å². The molecule has 1 aromatic heterocycles. The number of furan rings is 1. The second-order valence-electron chi connectivity index (χ2n) is 10.6. The molecule has 4 aromatic rings. The molecular formula is C32H33N7O4. The SMILES string of the molecule is Cc1cc2cc(NC(=N[C@H]3CCCCN(CC(=O)NC(C)C(=O)Nc4ccc5ccccc5c4)C3=O)NC#N)ccc2o1. The smallest absolute Gasteiger partial charge is 0.247 e. The Morgan fingerprint density at radius 1 is 1.02 bits per heavy atom. The van der Waals surface area contributed by atoms with Crippen molar-refractivity contribution in [2.45, 2.75) is 45.2 Å². The van der Waals surface area contributed by atoms with Crippen LogP contribution in [0.2, 0.25) is 0 Å². The molecule has 0 bridgehead atoms. The van der Waals surface area contributed by atoms with E-state index in [1.807, 2.05) is 73.8 Å². The van der Waals surface area contributed by atoms with Gasteiger partial charge in [-0.25, -0.2) is 4.99 Å². The fourth-order valence-corrected chi connectivity index (χ4v) is 5.10. The molecule has 1 aliphatic rings. The van der Waals surface area contributed by atoms with Crippen molar-refractivity contribution in [3.8, 4) is 6.19 Å². The lowest BCUT2D eigenvalue weighted by atomic mass is 10.1. The van der Waals surface area contributed by atoms with Crippen molar-refractivity contribution >= 4 is 56.8 Å². The zero-order chi connectivity index (χ0) is 30.3. The predicted octanol–water partition coefficient (Wildman–Crippen LogP) is 4.26. The molecule has 3 aromatic carbocycles. The molecule has 2 atom stereocenters. The van der Waals surface area contributed by atoms with Crippen molar-refractivity contribution in [3.63, 3.8) is 0 Å². The molecule has 1 unspecified atom stereocenters. The number of hydrogen-bond donors (Lipinski definition) is 4. The first-order valence-corrected chi connectivity index (χ1v) is 14.2. The van der Waals surface area contributed by atoms with E-state index in [4.69, 9.17) is 4.42 Å². The van der Waals surface area contributed by atoms with Crippen molar-refractivity contribution in [2.24, 2.45) is 4.99 Å². The van der Waals surface area contributed by atoms with Crippen LogP contribution in [0.1, 0.15) is 31.9 Å². The second kappa shape index (κ2) is 13.1. The molecule has 2 heterocycles. The van der Waals surface area contributed by atoms with Gasteiger partial charge in [0, 0.05) is 23.3 Å². The third kappa shape index (κ3) is 7.29. The number of rotatable bonds is 7. The number of carbonyl (C=O) groups is 3. The average Bonchev–Trinajstić information content (AvgIpc) is 3.28. The number of aliphatic imine (C=N–C) groups is 1. The van der Waals surface area contributed by atoms with Gasteiger partial charge in [0.25, 0.3) is 0 Å². The van der Waals surface area contributed by atoms with Crippen LogP contribution < -0.4 is 21.3 Å². The Kier molecular flexibility index (Phi) is 8.86. The van der Waals surface area contributed by atoms with Gasteiger partial charge in [-0.3, -0.25) is 19.7 Å². The monoisotopic (exact) mass is 579 g/mol. The summed E-state index contributed by atoms with van der Waals surface area (Å²) >= 11 is 0. The van der Waals surface area contributed by atoms with Gasteiger partial charge in [0.15, 0.2) is 6.19 Å². The van der Waals surface area contributed by atoms with E-state index in [-0.39, 0.29) is 24.3 Å². The molecule has 11 nitrogen and oxygen atoms in total. The largest absolute Gasteiger partial charge is 0.461 e. The number of carbonyl (C=O) groups excluding carboxylic acids is 3. The van der Waals surface area contributed by atoms with E-state index < -0.39 is 18.0 Å². The minimum Gasteiger partial charge on any atom is -0.461 e. The summed E-state index contributed by atoms with van der Waals surface area (Å²) in [6.07, 6.45) is 3.76. The molecule has 1 fully saturated rings. The summed E-state index contributed by atoms with van der Waals surface area (Å²) in [4.78, 5) is 45.1. The van der Waals surface area contributed by atoms with Crippen molar-refractivity contribution in [1.82, 2.24) is 15.5 Å². The summed E-state index contributed by atoms with van der Waals surface area (Å²) < 4.78 is 5.61. The standard InChI is InChI=1S/C32H33N7O4/c1-20-15-24-17-26(12-13-28(24)43-20)37-32(34-19-33)38-27-9-5-6-14-39(31(27)42)18-29(40)35-21(2)30(41)36-25-11-10-22-7-3-4-8-23(22)16-25/h3-4,7-8,10-13,15-17,21,27H,5-6,9,14,18H2,1-2H3,(H,35,40)(H,36,41)(H2,34,37,38)/t21?,27-/m0/s1. The van der Waals surface area contributed by atoms with Gasteiger partial charge in [0.2, 0.25) is 23.7 Å². The Morgan fingerprint density at radius 3 is 2.58 bits per heavy atom. The van der Waals surface area contributed by atoms with Gasteiger partial charge < -0.3 is 25.3 Å². The molecule has 0 radical (unpaired) electrons. The number of guanidine groups is 1. The topological polar surface area (TPSA) is 152 Å². The Morgan fingerprint density at radius 2 is 1.77 bits per heavy atom. The van der Waals surface area contributed by atoms with Crippen LogP contribution >= 0.6 is 0 Å². The summed E-state index contributed by atoms with van der Waals surface area (Å²) in [5.74, 6) is -0.220. The van der Waals surface area contributed by atoms with Gasteiger partial charge in [-0.05, 0) is 80.3 Å². The quantitative estimate of drug-likeness (QED) is 0.111. The van der Waals surface area contributed by atoms with E-state index in [1.165, 1.54) is 4.90 Å². The van der Waals surface area contributed by atoms with Gasteiger partial charge in [-0.15, -0.1) is 0 Å². The van der Waals surface area contributed by atoms with Crippen LogP contribution in [0.15, 0.2) is 76.1 Å². The van der Waals surface area contributed by atoms with Gasteiger partial charge >= 0.3 is 0 Å². The number of hydrogen-bond acceptors (Lipinski definition) is 6. The molecule has 5 rings (SSSR count). The number of likely N-dealkylation sites (tertiary alicyclic amines) is 1. The maximum absolute atomic E-state index is 13.4. The molecular weight excluding hydrogens is 546 g/mol. The highest BCUT2D eigenvalue weighted by atomic mass is 16.3. The Labute approximate surface area is 248 Å². The number of fused-ring (bicyclic) bond motifs is 2. The minimum absolute atomic E-state index is 0.130. The summed E-state index contributed by atoms with van der Waals surface area (Å²) in [5, 5.41) is 23.4. The number of anilines is 2. The maximum atomic E-state index is 13.4. The molecule has 220 valence electrons. The fraction of sp³-hybridized carbons (Fsp3) is 0.281. The van der Waals surface area contributed by atoms with Crippen LogP contribution in [0.5, 0.6) is 0 Å². The number of amides is 3. The summed E-state index contributed by atoms with van der Waals surface area (Å²) in [5.41, 5.74) is 2.04. The van der Waals surface area contributed by atoms with Crippen molar-refractivity contribution in [1.29, 1.82) is 5.26 Å². The van der Waals surface area contributed by atoms with Crippen LogP contribution in [-0.2, 0) is 14.4 Å². The van der Waals surface area contributed by atoms with Crippen LogP contribution in [0, 0.1) is 18.4 Å². The number of nitrogens with one attached hydrogen (secondary N) is 4. The highest BCUT2D eigenvalue weighted by Crippen LogP contribution is 2.23. The Hall–Kier alpha value is -5.37. The van der Waals surface area contributed by atoms with E-state index >= 15 is 0 Å². The van der Waals surface area contributed by atoms with Gasteiger partial charge in [-0.1, -0.05) is 30.3 Å². The van der Waals surface area contributed by atoms with Gasteiger partial charge in [0.1, 0.15) is 23.4 Å². The van der Waals surface area contributed by atoms with E-state index in [0.717, 1.165) is 33.9 Å². The Bertz CT molecular complexity index is 1740. The highest BCUT2D eigenvalue weighted by Gasteiger charge is 2.29. The second-order valence-corrected chi connectivity index (χ2v) is 10.6. The molecule has 1 aliphatic heterocycles. The molecule has 0 spiro atoms. The van der Waals surface area contributed by atoms with E-state index in [0.29, 0.717) is 30.8 Å². The van der Waals surface area contributed by atoms with Crippen molar-refractivity contribution in [2.75, 3.05) is 23.7 Å². The van der Waals surface area contributed by atoms with Crippen molar-refractivity contribution in [3.05, 3.63) is 72.5 Å². The normalized spacial score (nSPS) is 16.3. The first kappa shape index (κ1) is 29.1. The minimum atomic E-state index is -0.818. The number of nitriles is 1. The first-order valence-electron chi connectivity index (χ1n) is 14.2. The summed E-state index contributed by atoms with van der Waals surface area (Å²) in [6.45, 7) is 3.64. The van der Waals surface area contributed by atoms with Crippen LogP contribution in [0.25, 0.3) is 21.7 Å². The summed E-state index contributed by atoms with van der Waals surface area (Å²) in [7, 11) is 0. The molecule has 0 aliphatic carbocycles. The Balaban J connectivity index is 1.20. The lowest BCUT2D eigenvalue weighted by Crippen LogP contribution is -2.48. The zero-order valence-electron chi connectivity index (χ0n) is 24.0. The average molecular weight is 580 g/mol. The molecule has 1 saturated heterocycles. The van der Waals surface area contributed by atoms with E-state index in [1.54, 1.807) is 13.0 Å². The number of benzene rings is 3. The highest BCUT2D eigenvalue weighted by molar-refractivity contribution is 6.00. The number of aryl methyl sites for hydroxylation is 1. The first-order chi connectivity index (χ1) is 20.8. The summed E-state index contributed by atoms with van der Waals surface area (Å²) in [6, 6.07) is 19.2.